The molecule has 0 radical (unpaired) electrons. The minimum Gasteiger partial charge on any atom is -0.479 e. The summed E-state index contributed by atoms with van der Waals surface area (Å²) < 4.78 is 0. The Balaban J connectivity index is 2.73. The molecular formula is C3H5N3O3. The van der Waals surface area contributed by atoms with Gasteiger partial charge < -0.3 is 10.2 Å². The first-order valence-electron chi connectivity index (χ1n) is 2.16. The van der Waals surface area contributed by atoms with Gasteiger partial charge in [-0.15, -0.1) is 0 Å². The molecule has 0 aromatic heterocycles. The first-order valence-corrected chi connectivity index (χ1v) is 2.16. The van der Waals surface area contributed by atoms with E-state index in [-0.39, 0.29) is 5.06 Å². The Kier molecular flexibility index (Phi) is 1.33. The lowest BCUT2D eigenvalue weighted by molar-refractivity contribution is -0.146. The Labute approximate surface area is 50.4 Å². The van der Waals surface area contributed by atoms with E-state index in [4.69, 9.17) is 15.4 Å². The third-order valence-electron chi connectivity index (χ3n) is 0.797. The Morgan fingerprint density at radius 3 is 2.78 bits per heavy atom. The van der Waals surface area contributed by atoms with E-state index in [1.807, 2.05) is 0 Å². The SMILES string of the molecule is OC1=NC=NC(O)N1O. The van der Waals surface area contributed by atoms with Crippen LogP contribution in [0, 0.1) is 0 Å². The molecule has 0 aromatic rings. The van der Waals surface area contributed by atoms with Gasteiger partial charge in [-0.1, -0.05) is 0 Å². The summed E-state index contributed by atoms with van der Waals surface area (Å²) in [5.41, 5.74) is 0. The van der Waals surface area contributed by atoms with Crippen molar-refractivity contribution in [3.8, 4) is 0 Å². The summed E-state index contributed by atoms with van der Waals surface area (Å²) in [6.07, 6.45) is -0.491. The highest BCUT2D eigenvalue weighted by molar-refractivity contribution is 5.81. The van der Waals surface area contributed by atoms with Crippen LogP contribution in [0.25, 0.3) is 0 Å². The van der Waals surface area contributed by atoms with Crippen LogP contribution in [0.1, 0.15) is 0 Å². The van der Waals surface area contributed by atoms with Gasteiger partial charge in [0.2, 0.25) is 0 Å². The third-order valence-corrected chi connectivity index (χ3v) is 0.797. The molecule has 1 heterocycles. The molecule has 1 aliphatic heterocycles. The first kappa shape index (κ1) is 5.99. The standard InChI is InChI=1S/C3H5N3O3/c7-2-4-1-5-3(8)6(2)9/h1-2,7,9H,(H,4,5,8). The van der Waals surface area contributed by atoms with Crippen LogP contribution >= 0.6 is 0 Å². The van der Waals surface area contributed by atoms with Gasteiger partial charge >= 0.3 is 6.02 Å². The van der Waals surface area contributed by atoms with Crippen molar-refractivity contribution in [1.29, 1.82) is 0 Å². The van der Waals surface area contributed by atoms with Crippen LogP contribution in [0.3, 0.4) is 0 Å². The maximum atomic E-state index is 8.59. The molecule has 1 rings (SSSR count). The average molecular weight is 131 g/mol. The van der Waals surface area contributed by atoms with Crippen LogP contribution in [-0.4, -0.2) is 39.2 Å². The molecule has 0 spiro atoms. The summed E-state index contributed by atoms with van der Waals surface area (Å²) in [5, 5.41) is 25.8. The number of rotatable bonds is 0. The van der Waals surface area contributed by atoms with Crippen LogP contribution in [-0.2, 0) is 0 Å². The monoisotopic (exact) mass is 131 g/mol. The number of aliphatic hydroxyl groups is 2. The quantitative estimate of drug-likeness (QED) is 0.389. The molecule has 1 aliphatic rings. The van der Waals surface area contributed by atoms with E-state index in [1.165, 1.54) is 0 Å². The summed E-state index contributed by atoms with van der Waals surface area (Å²) in [4.78, 5) is 6.38. The van der Waals surface area contributed by atoms with Gasteiger partial charge in [-0.05, 0) is 0 Å². The fourth-order valence-corrected chi connectivity index (χ4v) is 0.370. The van der Waals surface area contributed by atoms with Crippen molar-refractivity contribution in [1.82, 2.24) is 5.06 Å². The average Bonchev–Trinajstić information content (AvgIpc) is 1.83. The highest BCUT2D eigenvalue weighted by Gasteiger charge is 2.17. The number of amidine groups is 1. The maximum absolute atomic E-state index is 8.59. The molecule has 6 heteroatoms. The number of aliphatic imine (C=N–C) groups is 2. The minimum absolute atomic E-state index is 0.139. The van der Waals surface area contributed by atoms with Crippen LogP contribution in [0.4, 0.5) is 0 Å². The van der Waals surface area contributed by atoms with Gasteiger partial charge in [0, 0.05) is 0 Å². The fraction of sp³-hybridized carbons (Fsp3) is 0.333. The largest absolute Gasteiger partial charge is 0.479 e. The lowest BCUT2D eigenvalue weighted by Gasteiger charge is -2.18. The molecule has 1 atom stereocenters. The van der Waals surface area contributed by atoms with Gasteiger partial charge in [0.25, 0.3) is 6.35 Å². The van der Waals surface area contributed by atoms with Crippen molar-refractivity contribution < 1.29 is 15.4 Å². The summed E-state index contributed by atoms with van der Waals surface area (Å²) in [5.74, 6) is 0. The predicted molar refractivity (Wildman–Crippen MR) is 28.2 cm³/mol. The van der Waals surface area contributed by atoms with Crippen molar-refractivity contribution in [3.05, 3.63) is 0 Å². The summed E-state index contributed by atoms with van der Waals surface area (Å²) in [6, 6.07) is -0.669. The predicted octanol–water partition coefficient (Wildman–Crippen LogP) is -1.09. The van der Waals surface area contributed by atoms with Gasteiger partial charge in [0.1, 0.15) is 6.34 Å². The van der Waals surface area contributed by atoms with E-state index in [1.54, 1.807) is 0 Å². The minimum atomic E-state index is -1.44. The number of hydroxylamine groups is 2. The zero-order valence-corrected chi connectivity index (χ0v) is 4.34. The molecule has 0 aromatic carbocycles. The molecule has 1 unspecified atom stereocenters. The summed E-state index contributed by atoms with van der Waals surface area (Å²) >= 11 is 0. The van der Waals surface area contributed by atoms with Gasteiger partial charge in [0.05, 0.1) is 0 Å². The highest BCUT2D eigenvalue weighted by Crippen LogP contribution is 1.97. The number of nitrogens with zero attached hydrogens (tertiary/aromatic N) is 3. The van der Waals surface area contributed by atoms with Gasteiger partial charge in [-0.3, -0.25) is 5.21 Å². The van der Waals surface area contributed by atoms with Crippen molar-refractivity contribution in [3.63, 3.8) is 0 Å². The lowest BCUT2D eigenvalue weighted by atomic mass is 10.8. The molecule has 3 N–H and O–H groups in total. The summed E-state index contributed by atoms with van der Waals surface area (Å²) in [6.45, 7) is 0. The molecular weight excluding hydrogens is 126 g/mol. The fourth-order valence-electron chi connectivity index (χ4n) is 0.370. The van der Waals surface area contributed by atoms with Crippen molar-refractivity contribution in [2.45, 2.75) is 6.35 Å². The van der Waals surface area contributed by atoms with Crippen LogP contribution in [0.5, 0.6) is 0 Å². The third kappa shape index (κ3) is 0.980. The normalized spacial score (nSPS) is 26.2. The second-order valence-electron chi connectivity index (χ2n) is 1.38. The highest BCUT2D eigenvalue weighted by atomic mass is 16.6. The lowest BCUT2D eigenvalue weighted by Crippen LogP contribution is -2.38. The van der Waals surface area contributed by atoms with Crippen molar-refractivity contribution in [2.75, 3.05) is 0 Å². The van der Waals surface area contributed by atoms with Crippen molar-refractivity contribution >= 4 is 12.4 Å². The van der Waals surface area contributed by atoms with E-state index in [0.29, 0.717) is 0 Å². The molecule has 0 bridgehead atoms. The van der Waals surface area contributed by atoms with E-state index < -0.39 is 12.4 Å². The van der Waals surface area contributed by atoms with E-state index in [9.17, 15) is 0 Å². The molecule has 0 fully saturated rings. The summed E-state index contributed by atoms with van der Waals surface area (Å²) in [7, 11) is 0. The molecule has 0 amide bonds. The van der Waals surface area contributed by atoms with E-state index in [0.717, 1.165) is 6.34 Å². The molecule has 50 valence electrons. The zero-order valence-electron chi connectivity index (χ0n) is 4.34. The van der Waals surface area contributed by atoms with E-state index >= 15 is 0 Å². The molecule has 0 saturated carbocycles. The number of hydrogen-bond donors (Lipinski definition) is 3. The Morgan fingerprint density at radius 1 is 1.67 bits per heavy atom. The van der Waals surface area contributed by atoms with E-state index in [2.05, 4.69) is 9.98 Å². The topological polar surface area (TPSA) is 88.7 Å². The molecule has 6 nitrogen and oxygen atoms in total. The molecule has 9 heavy (non-hydrogen) atoms. The number of aliphatic hydroxyl groups excluding tert-OH is 2. The first-order chi connectivity index (χ1) is 4.22. The zero-order chi connectivity index (χ0) is 6.85. The second-order valence-corrected chi connectivity index (χ2v) is 1.38. The van der Waals surface area contributed by atoms with Gasteiger partial charge in [-0.2, -0.15) is 10.1 Å². The van der Waals surface area contributed by atoms with Gasteiger partial charge in [-0.25, -0.2) is 4.99 Å². The smallest absolute Gasteiger partial charge is 0.319 e. The second kappa shape index (κ2) is 2.00. The maximum Gasteiger partial charge on any atom is 0.319 e. The van der Waals surface area contributed by atoms with Gasteiger partial charge in [0.15, 0.2) is 0 Å². The Morgan fingerprint density at radius 2 is 2.33 bits per heavy atom. The molecule has 0 aliphatic carbocycles. The number of hydrogen-bond acceptors (Lipinski definition) is 5. The molecule has 0 saturated heterocycles. The Hall–Kier alpha value is -1.14. The van der Waals surface area contributed by atoms with Crippen LogP contribution in [0.15, 0.2) is 9.98 Å². The van der Waals surface area contributed by atoms with Crippen LogP contribution < -0.4 is 0 Å². The Bertz CT molecular complexity index is 166. The van der Waals surface area contributed by atoms with Crippen LogP contribution in [0.2, 0.25) is 0 Å². The van der Waals surface area contributed by atoms with Crippen molar-refractivity contribution in [2.24, 2.45) is 9.98 Å².